The molecule has 0 aromatic carbocycles. The number of carbonyl (C=O) groups is 1. The Morgan fingerprint density at radius 3 is 2.23 bits per heavy atom. The molecule has 0 aliphatic carbocycles. The van der Waals surface area contributed by atoms with Gasteiger partial charge in [-0.25, -0.2) is 0 Å². The van der Waals surface area contributed by atoms with Crippen LogP contribution in [0.5, 0.6) is 0 Å². The van der Waals surface area contributed by atoms with Crippen molar-refractivity contribution in [3.63, 3.8) is 0 Å². The molecule has 0 aromatic heterocycles. The molecule has 130 valence electrons. The zero-order valence-corrected chi connectivity index (χ0v) is 11.9. The Morgan fingerprint density at radius 2 is 1.77 bits per heavy atom. The van der Waals surface area contributed by atoms with Gasteiger partial charge < -0.3 is 46.8 Å². The maximum atomic E-state index is 11.1. The minimum atomic E-state index is -1.64. The topological polar surface area (TPSA) is 200 Å². The van der Waals surface area contributed by atoms with E-state index in [9.17, 15) is 25.2 Å². The van der Waals surface area contributed by atoms with E-state index < -0.39 is 61.2 Å². The second-order valence-electron chi connectivity index (χ2n) is 5.45. The number of rotatable bonds is 7. The monoisotopic (exact) mass is 324 g/mol. The van der Waals surface area contributed by atoms with Crippen LogP contribution in [-0.4, -0.2) is 92.4 Å². The number of aliphatic carboxylic acids is 1. The molecule has 1 saturated heterocycles. The van der Waals surface area contributed by atoms with E-state index in [-0.39, 0.29) is 13.0 Å². The van der Waals surface area contributed by atoms with Crippen molar-refractivity contribution in [3.8, 4) is 0 Å². The van der Waals surface area contributed by atoms with E-state index >= 15 is 0 Å². The third kappa shape index (κ3) is 4.12. The summed E-state index contributed by atoms with van der Waals surface area (Å²) in [4.78, 5) is 11.1. The highest BCUT2D eigenvalue weighted by atomic mass is 16.5. The van der Waals surface area contributed by atoms with Crippen molar-refractivity contribution < 1.29 is 40.2 Å². The molecule has 10 N–H and O–H groups in total. The predicted octanol–water partition coefficient (Wildman–Crippen LogP) is -4.43. The Morgan fingerprint density at radius 1 is 1.18 bits per heavy atom. The van der Waals surface area contributed by atoms with Gasteiger partial charge in [-0.2, -0.15) is 0 Å². The first-order valence-corrected chi connectivity index (χ1v) is 6.91. The number of ether oxygens (including phenoxy) is 1. The second-order valence-corrected chi connectivity index (χ2v) is 5.45. The van der Waals surface area contributed by atoms with Crippen LogP contribution in [0.2, 0.25) is 0 Å². The number of hydrogen-bond donors (Lipinski definition) is 8. The van der Waals surface area contributed by atoms with Crippen molar-refractivity contribution >= 4 is 5.97 Å². The first kappa shape index (κ1) is 19.2. The fraction of sp³-hybridized carbons (Fsp3) is 0.917. The predicted molar refractivity (Wildman–Crippen MR) is 72.5 cm³/mol. The number of carboxylic acids is 1. The summed E-state index contributed by atoms with van der Waals surface area (Å²) < 4.78 is 5.30. The molecule has 22 heavy (non-hydrogen) atoms. The largest absolute Gasteiger partial charge is 0.480 e. The molecule has 8 atom stereocenters. The number of nitrogens with two attached hydrogens (primary N) is 2. The quantitative estimate of drug-likeness (QED) is 0.226. The van der Waals surface area contributed by atoms with Crippen molar-refractivity contribution in [2.75, 3.05) is 13.2 Å². The van der Waals surface area contributed by atoms with E-state index in [4.69, 9.17) is 26.4 Å². The molecule has 2 unspecified atom stereocenters. The number of aliphatic hydroxyl groups excluding tert-OH is 5. The maximum Gasteiger partial charge on any atom is 0.320 e. The van der Waals surface area contributed by atoms with Gasteiger partial charge >= 0.3 is 5.97 Å². The minimum Gasteiger partial charge on any atom is -0.480 e. The van der Waals surface area contributed by atoms with Gasteiger partial charge in [0.15, 0.2) is 0 Å². The van der Waals surface area contributed by atoms with Crippen LogP contribution in [0.15, 0.2) is 0 Å². The van der Waals surface area contributed by atoms with Crippen molar-refractivity contribution in [2.45, 2.75) is 49.1 Å². The summed E-state index contributed by atoms with van der Waals surface area (Å²) in [6.07, 6.45) is -8.57. The summed E-state index contributed by atoms with van der Waals surface area (Å²) in [5.41, 5.74) is 10.9. The zero-order chi connectivity index (χ0) is 17.0. The molecule has 0 spiro atoms. The number of aliphatic hydroxyl groups is 5. The molecule has 1 aliphatic rings. The molecule has 1 fully saturated rings. The Kier molecular flexibility index (Phi) is 7.09. The SMILES string of the molecule is NCC(O)CC([C@H](N)C(=O)O)[C@@H]1O[C@H](CO)[C@H](O)[C@H](O)[C@H]1O. The summed E-state index contributed by atoms with van der Waals surface area (Å²) in [5, 5.41) is 57.4. The molecule has 0 bridgehead atoms. The first-order valence-electron chi connectivity index (χ1n) is 6.91. The van der Waals surface area contributed by atoms with Crippen LogP contribution in [-0.2, 0) is 9.53 Å². The third-order valence-electron chi connectivity index (χ3n) is 3.91. The van der Waals surface area contributed by atoms with Gasteiger partial charge in [-0.1, -0.05) is 0 Å². The summed E-state index contributed by atoms with van der Waals surface area (Å²) in [7, 11) is 0. The lowest BCUT2D eigenvalue weighted by atomic mass is 9.81. The lowest BCUT2D eigenvalue weighted by Crippen LogP contribution is -2.63. The highest BCUT2D eigenvalue weighted by molar-refractivity contribution is 5.73. The molecular formula is C12H24N2O8. The van der Waals surface area contributed by atoms with Crippen LogP contribution in [0.25, 0.3) is 0 Å². The summed E-state index contributed by atoms with van der Waals surface area (Å²) in [6, 6.07) is -1.50. The van der Waals surface area contributed by atoms with Crippen molar-refractivity contribution in [1.82, 2.24) is 0 Å². The van der Waals surface area contributed by atoms with Gasteiger partial charge in [-0.15, -0.1) is 0 Å². The molecule has 0 radical (unpaired) electrons. The fourth-order valence-corrected chi connectivity index (χ4v) is 2.56. The fourth-order valence-electron chi connectivity index (χ4n) is 2.56. The van der Waals surface area contributed by atoms with Crippen LogP contribution in [0.4, 0.5) is 0 Å². The molecule has 0 aromatic rings. The highest BCUT2D eigenvalue weighted by Crippen LogP contribution is 2.30. The average molecular weight is 324 g/mol. The molecule has 1 aliphatic heterocycles. The summed E-state index contributed by atoms with van der Waals surface area (Å²) in [5.74, 6) is -2.46. The summed E-state index contributed by atoms with van der Waals surface area (Å²) in [6.45, 7) is -0.795. The maximum absolute atomic E-state index is 11.1. The molecule has 0 amide bonds. The normalized spacial score (nSPS) is 36.6. The Balaban J connectivity index is 3.02. The van der Waals surface area contributed by atoms with E-state index in [1.54, 1.807) is 0 Å². The van der Waals surface area contributed by atoms with E-state index in [1.165, 1.54) is 0 Å². The second kappa shape index (κ2) is 8.13. The van der Waals surface area contributed by atoms with Crippen molar-refractivity contribution in [1.29, 1.82) is 0 Å². The third-order valence-corrected chi connectivity index (χ3v) is 3.91. The minimum absolute atomic E-state index is 0.153. The van der Waals surface area contributed by atoms with Gasteiger partial charge in [0.1, 0.15) is 30.5 Å². The van der Waals surface area contributed by atoms with Crippen molar-refractivity contribution in [3.05, 3.63) is 0 Å². The first-order chi connectivity index (χ1) is 10.2. The van der Waals surface area contributed by atoms with Crippen LogP contribution < -0.4 is 11.5 Å². The van der Waals surface area contributed by atoms with E-state index in [2.05, 4.69) is 0 Å². The van der Waals surface area contributed by atoms with Gasteiger partial charge in [0.2, 0.25) is 0 Å². The van der Waals surface area contributed by atoms with Gasteiger partial charge in [0.05, 0.1) is 18.8 Å². The standard InChI is InChI=1S/C12H24N2O8/c13-2-4(16)1-5(7(14)12(20)21)11-10(19)9(18)8(17)6(3-15)22-11/h4-11,15-19H,1-3,13-14H2,(H,20,21)/t4?,5?,6-,7+,8+,9+,10-,11+/m1/s1. The smallest absolute Gasteiger partial charge is 0.320 e. The highest BCUT2D eigenvalue weighted by Gasteiger charge is 2.48. The van der Waals surface area contributed by atoms with Crippen molar-refractivity contribution in [2.24, 2.45) is 17.4 Å². The number of hydrogen-bond acceptors (Lipinski definition) is 9. The molecule has 1 heterocycles. The van der Waals surface area contributed by atoms with Gasteiger partial charge in [0.25, 0.3) is 0 Å². The zero-order valence-electron chi connectivity index (χ0n) is 11.9. The molecule has 10 heteroatoms. The summed E-state index contributed by atoms with van der Waals surface area (Å²) >= 11 is 0. The Labute approximate surface area is 126 Å². The van der Waals surface area contributed by atoms with Crippen LogP contribution in [0, 0.1) is 5.92 Å². The molecule has 10 nitrogen and oxygen atoms in total. The van der Waals surface area contributed by atoms with Gasteiger partial charge in [-0.05, 0) is 6.42 Å². The lowest BCUT2D eigenvalue weighted by Gasteiger charge is -2.44. The van der Waals surface area contributed by atoms with Crippen LogP contribution >= 0.6 is 0 Å². The van der Waals surface area contributed by atoms with Gasteiger partial charge in [-0.3, -0.25) is 4.79 Å². The Bertz CT molecular complexity index is 369. The van der Waals surface area contributed by atoms with Crippen LogP contribution in [0.3, 0.4) is 0 Å². The lowest BCUT2D eigenvalue weighted by molar-refractivity contribution is -0.244. The average Bonchev–Trinajstić information content (AvgIpc) is 2.50. The molecule has 0 saturated carbocycles. The van der Waals surface area contributed by atoms with E-state index in [0.29, 0.717) is 0 Å². The Hall–Kier alpha value is -0.850. The number of carboxylic acid groups (broad SMARTS) is 1. The van der Waals surface area contributed by atoms with E-state index in [0.717, 1.165) is 0 Å². The molecule has 1 rings (SSSR count). The molecular weight excluding hydrogens is 300 g/mol. The van der Waals surface area contributed by atoms with Crippen LogP contribution in [0.1, 0.15) is 6.42 Å². The van der Waals surface area contributed by atoms with E-state index in [1.807, 2.05) is 0 Å². The van der Waals surface area contributed by atoms with Gasteiger partial charge in [0, 0.05) is 12.5 Å².